The van der Waals surface area contributed by atoms with Crippen LogP contribution in [0.2, 0.25) is 0 Å². The number of fused-ring (bicyclic) bond motifs is 1. The van der Waals surface area contributed by atoms with Crippen molar-refractivity contribution in [2.45, 2.75) is 6.42 Å². The molecule has 0 atom stereocenters. The molecule has 24 heavy (non-hydrogen) atoms. The van der Waals surface area contributed by atoms with Crippen LogP contribution in [0.4, 0.5) is 15.8 Å². The number of nitrogens with one attached hydrogen (secondary N) is 1. The van der Waals surface area contributed by atoms with Gasteiger partial charge in [-0.2, -0.15) is 0 Å². The highest BCUT2D eigenvalue weighted by Crippen LogP contribution is 2.34. The van der Waals surface area contributed by atoms with Crippen LogP contribution in [0.3, 0.4) is 0 Å². The fraction of sp³-hybridized carbons (Fsp3) is 0.222. The summed E-state index contributed by atoms with van der Waals surface area (Å²) >= 11 is 0. The highest BCUT2D eigenvalue weighted by molar-refractivity contribution is 6.35. The lowest BCUT2D eigenvalue weighted by Gasteiger charge is -2.19. The molecule has 6 heteroatoms. The van der Waals surface area contributed by atoms with E-state index in [-0.39, 0.29) is 5.69 Å². The molecule has 124 valence electrons. The lowest BCUT2D eigenvalue weighted by atomic mass is 10.1. The van der Waals surface area contributed by atoms with Gasteiger partial charge in [0.25, 0.3) is 11.8 Å². The van der Waals surface area contributed by atoms with Crippen LogP contribution in [0.5, 0.6) is 0 Å². The fourth-order valence-electron chi connectivity index (χ4n) is 2.69. The van der Waals surface area contributed by atoms with E-state index in [9.17, 15) is 14.0 Å². The zero-order valence-corrected chi connectivity index (χ0v) is 13.2. The van der Waals surface area contributed by atoms with Crippen molar-refractivity contribution in [3.63, 3.8) is 0 Å². The number of halogens is 1. The van der Waals surface area contributed by atoms with Gasteiger partial charge >= 0.3 is 0 Å². The SMILES string of the molecule is COCCCNc1ccc(F)cc1N1C(=O)c2ccccc2C1=O. The van der Waals surface area contributed by atoms with Gasteiger partial charge in [0.1, 0.15) is 5.82 Å². The second kappa shape index (κ2) is 6.80. The number of benzene rings is 2. The van der Waals surface area contributed by atoms with Crippen LogP contribution in [0, 0.1) is 5.82 Å². The molecular weight excluding hydrogens is 311 g/mol. The predicted molar refractivity (Wildman–Crippen MR) is 89.0 cm³/mol. The van der Waals surface area contributed by atoms with Crippen molar-refractivity contribution in [3.8, 4) is 0 Å². The van der Waals surface area contributed by atoms with Gasteiger partial charge < -0.3 is 10.1 Å². The number of hydrogen-bond donors (Lipinski definition) is 1. The number of rotatable bonds is 6. The molecule has 1 aliphatic rings. The third kappa shape index (κ3) is 2.88. The Morgan fingerprint density at radius 1 is 1.08 bits per heavy atom. The van der Waals surface area contributed by atoms with E-state index in [0.717, 1.165) is 11.3 Å². The van der Waals surface area contributed by atoms with Crippen molar-refractivity contribution < 1.29 is 18.7 Å². The maximum absolute atomic E-state index is 13.7. The predicted octanol–water partition coefficient (Wildman–Crippen LogP) is 3.07. The lowest BCUT2D eigenvalue weighted by molar-refractivity contribution is 0.0926. The molecule has 2 amide bonds. The van der Waals surface area contributed by atoms with Crippen LogP contribution in [-0.2, 0) is 4.74 Å². The van der Waals surface area contributed by atoms with Gasteiger partial charge in [-0.15, -0.1) is 0 Å². The fourth-order valence-corrected chi connectivity index (χ4v) is 2.69. The number of methoxy groups -OCH3 is 1. The Kier molecular flexibility index (Phi) is 4.57. The zero-order valence-electron chi connectivity index (χ0n) is 13.2. The standard InChI is InChI=1S/C18H17FN2O3/c1-24-10-4-9-20-15-8-7-12(19)11-16(15)21-17(22)13-5-2-3-6-14(13)18(21)23/h2-3,5-8,11,20H,4,9-10H2,1H3. The van der Waals surface area contributed by atoms with E-state index in [0.29, 0.717) is 30.0 Å². The zero-order chi connectivity index (χ0) is 17.1. The van der Waals surface area contributed by atoms with Crippen molar-refractivity contribution in [1.82, 2.24) is 0 Å². The Hall–Kier alpha value is -2.73. The number of ether oxygens (including phenoxy) is 1. The third-order valence-electron chi connectivity index (χ3n) is 3.84. The summed E-state index contributed by atoms with van der Waals surface area (Å²) in [5.74, 6) is -1.40. The van der Waals surface area contributed by atoms with Crippen molar-refractivity contribution in [3.05, 3.63) is 59.4 Å². The van der Waals surface area contributed by atoms with Gasteiger partial charge in [-0.25, -0.2) is 9.29 Å². The topological polar surface area (TPSA) is 58.6 Å². The summed E-state index contributed by atoms with van der Waals surface area (Å²) in [5, 5.41) is 3.13. The normalized spacial score (nSPS) is 13.3. The summed E-state index contributed by atoms with van der Waals surface area (Å²) in [6, 6.07) is 10.6. The summed E-state index contributed by atoms with van der Waals surface area (Å²) in [5.41, 5.74) is 1.41. The van der Waals surface area contributed by atoms with Gasteiger partial charge in [0, 0.05) is 26.3 Å². The second-order valence-corrected chi connectivity index (χ2v) is 5.43. The molecule has 1 N–H and O–H groups in total. The summed E-state index contributed by atoms with van der Waals surface area (Å²) < 4.78 is 18.7. The third-order valence-corrected chi connectivity index (χ3v) is 3.84. The summed E-state index contributed by atoms with van der Waals surface area (Å²) in [7, 11) is 1.61. The number of hydrogen-bond acceptors (Lipinski definition) is 4. The number of carbonyl (C=O) groups is 2. The molecule has 0 aromatic heterocycles. The second-order valence-electron chi connectivity index (χ2n) is 5.43. The minimum absolute atomic E-state index is 0.221. The largest absolute Gasteiger partial charge is 0.385 e. The molecule has 0 fully saturated rings. The summed E-state index contributed by atoms with van der Waals surface area (Å²) in [6.45, 7) is 1.16. The molecule has 5 nitrogen and oxygen atoms in total. The number of carbonyl (C=O) groups excluding carboxylic acids is 2. The molecule has 0 radical (unpaired) electrons. The monoisotopic (exact) mass is 328 g/mol. The minimum Gasteiger partial charge on any atom is -0.385 e. The highest BCUT2D eigenvalue weighted by Gasteiger charge is 2.37. The van der Waals surface area contributed by atoms with Crippen LogP contribution in [0.25, 0.3) is 0 Å². The van der Waals surface area contributed by atoms with E-state index in [4.69, 9.17) is 4.74 Å². The summed E-state index contributed by atoms with van der Waals surface area (Å²) in [6.07, 6.45) is 0.745. The molecule has 0 aliphatic carbocycles. The van der Waals surface area contributed by atoms with Crippen LogP contribution in [0.1, 0.15) is 27.1 Å². The maximum Gasteiger partial charge on any atom is 0.266 e. The average Bonchev–Trinajstić information content (AvgIpc) is 2.84. The first kappa shape index (κ1) is 16.1. The average molecular weight is 328 g/mol. The molecule has 0 saturated heterocycles. The molecule has 0 saturated carbocycles. The maximum atomic E-state index is 13.7. The van der Waals surface area contributed by atoms with Gasteiger partial charge in [-0.1, -0.05) is 12.1 Å². The van der Waals surface area contributed by atoms with Gasteiger partial charge in [0.05, 0.1) is 22.5 Å². The van der Waals surface area contributed by atoms with E-state index in [1.807, 2.05) is 0 Å². The Morgan fingerprint density at radius 2 is 1.75 bits per heavy atom. The van der Waals surface area contributed by atoms with Crippen LogP contribution < -0.4 is 10.2 Å². The van der Waals surface area contributed by atoms with Gasteiger partial charge in [-0.05, 0) is 30.7 Å². The van der Waals surface area contributed by atoms with E-state index in [2.05, 4.69) is 5.32 Å². The van der Waals surface area contributed by atoms with Crippen molar-refractivity contribution in [2.24, 2.45) is 0 Å². The molecule has 1 heterocycles. The molecular formula is C18H17FN2O3. The molecule has 0 spiro atoms. The van der Waals surface area contributed by atoms with Crippen molar-refractivity contribution in [2.75, 3.05) is 30.5 Å². The van der Waals surface area contributed by atoms with Gasteiger partial charge in [0.2, 0.25) is 0 Å². The number of amides is 2. The first-order valence-electron chi connectivity index (χ1n) is 7.63. The van der Waals surface area contributed by atoms with Crippen LogP contribution in [0.15, 0.2) is 42.5 Å². The van der Waals surface area contributed by atoms with Crippen molar-refractivity contribution >= 4 is 23.2 Å². The van der Waals surface area contributed by atoms with E-state index < -0.39 is 17.6 Å². The Balaban J connectivity index is 1.93. The summed E-state index contributed by atoms with van der Waals surface area (Å²) in [4.78, 5) is 26.2. The Labute approximate surface area is 139 Å². The molecule has 0 unspecified atom stereocenters. The molecule has 3 rings (SSSR count). The first-order chi connectivity index (χ1) is 11.6. The first-order valence-corrected chi connectivity index (χ1v) is 7.63. The molecule has 1 aliphatic heterocycles. The van der Waals surface area contributed by atoms with Crippen molar-refractivity contribution in [1.29, 1.82) is 0 Å². The molecule has 2 aromatic rings. The number of nitrogens with zero attached hydrogens (tertiary/aromatic N) is 1. The Bertz CT molecular complexity index is 757. The van der Waals surface area contributed by atoms with E-state index in [1.165, 1.54) is 18.2 Å². The van der Waals surface area contributed by atoms with Gasteiger partial charge in [-0.3, -0.25) is 9.59 Å². The minimum atomic E-state index is -0.510. The number of anilines is 2. The number of imide groups is 1. The molecule has 2 aromatic carbocycles. The van der Waals surface area contributed by atoms with E-state index >= 15 is 0 Å². The highest BCUT2D eigenvalue weighted by atomic mass is 19.1. The van der Waals surface area contributed by atoms with E-state index in [1.54, 1.807) is 31.4 Å². The van der Waals surface area contributed by atoms with Crippen LogP contribution >= 0.6 is 0 Å². The van der Waals surface area contributed by atoms with Crippen LogP contribution in [-0.4, -0.2) is 32.1 Å². The Morgan fingerprint density at radius 3 is 2.38 bits per heavy atom. The lowest BCUT2D eigenvalue weighted by Crippen LogP contribution is -2.30. The quantitative estimate of drug-likeness (QED) is 0.654. The smallest absolute Gasteiger partial charge is 0.266 e. The van der Waals surface area contributed by atoms with Gasteiger partial charge in [0.15, 0.2) is 0 Å². The molecule has 0 bridgehead atoms.